The Morgan fingerprint density at radius 1 is 1.23 bits per heavy atom. The Kier molecular flexibility index (Phi) is 1.48. The van der Waals surface area contributed by atoms with Gasteiger partial charge in [-0.2, -0.15) is 4.73 Å². The number of aromatic nitrogens is 1. The summed E-state index contributed by atoms with van der Waals surface area (Å²) in [5.74, 6) is -0.0332. The summed E-state index contributed by atoms with van der Waals surface area (Å²) in [4.78, 5) is 0. The van der Waals surface area contributed by atoms with Crippen molar-refractivity contribution in [1.29, 1.82) is 5.41 Å². The van der Waals surface area contributed by atoms with Gasteiger partial charge in [-0.1, -0.05) is 0 Å². The molecule has 0 aromatic rings. The Hall–Kier alpha value is -1.97. The van der Waals surface area contributed by atoms with Gasteiger partial charge in [0.25, 0.3) is 0 Å². The van der Waals surface area contributed by atoms with E-state index in [9.17, 15) is 10.3 Å². The molecule has 1 aliphatic heterocycles. The molecule has 4 nitrogen and oxygen atoms in total. The molecule has 0 saturated heterocycles. The van der Waals surface area contributed by atoms with E-state index in [2.05, 4.69) is 0 Å². The van der Waals surface area contributed by atoms with Crippen LogP contribution in [0.25, 0.3) is 11.3 Å². The minimum Gasteiger partial charge on any atom is -0.506 e. The Balaban J connectivity index is 2.96. The molecule has 0 unspecified atom stereocenters. The summed E-state index contributed by atoms with van der Waals surface area (Å²) >= 11 is 0. The summed E-state index contributed by atoms with van der Waals surface area (Å²) in [6.45, 7) is 0. The molecule has 0 spiro atoms. The van der Waals surface area contributed by atoms with Crippen molar-refractivity contribution in [1.82, 2.24) is 4.73 Å². The largest absolute Gasteiger partial charge is 0.506 e. The van der Waals surface area contributed by atoms with E-state index in [-0.39, 0.29) is 16.8 Å². The third kappa shape index (κ3) is 1.03. The number of fused-ring (bicyclic) bond motifs is 1. The molecular formula is C9H8N2O2. The van der Waals surface area contributed by atoms with Crippen molar-refractivity contribution in [3.8, 4) is 17.0 Å². The van der Waals surface area contributed by atoms with Crippen LogP contribution in [0, 0.1) is 5.41 Å². The predicted octanol–water partition coefficient (Wildman–Crippen LogP) is 1.02. The topological polar surface area (TPSA) is 69.2 Å². The maximum Gasteiger partial charge on any atom is 0.143 e. The lowest BCUT2D eigenvalue weighted by atomic mass is 10.1. The monoisotopic (exact) mass is 176 g/mol. The lowest BCUT2D eigenvalue weighted by molar-refractivity contribution is 0.186. The van der Waals surface area contributed by atoms with Crippen molar-refractivity contribution >= 4 is 0 Å². The Bertz CT molecular complexity index is 476. The molecule has 0 aromatic heterocycles. The molecule has 0 fully saturated rings. The van der Waals surface area contributed by atoms with Crippen LogP contribution in [-0.4, -0.2) is 15.0 Å². The average Bonchev–Trinajstić information content (AvgIpc) is 2.12. The highest BCUT2D eigenvalue weighted by Gasteiger charge is 2.11. The van der Waals surface area contributed by atoms with Crippen molar-refractivity contribution < 1.29 is 10.3 Å². The zero-order valence-electron chi connectivity index (χ0n) is 6.73. The number of hydrogen-bond donors (Lipinski definition) is 3. The Labute approximate surface area is 74.1 Å². The van der Waals surface area contributed by atoms with Crippen molar-refractivity contribution in [3.05, 3.63) is 35.8 Å². The van der Waals surface area contributed by atoms with Crippen LogP contribution in [0.15, 0.2) is 30.5 Å². The number of aromatic hydroxyl groups is 1. The van der Waals surface area contributed by atoms with Crippen molar-refractivity contribution in [2.45, 2.75) is 0 Å². The first-order valence-corrected chi connectivity index (χ1v) is 3.77. The molecule has 2 aliphatic rings. The van der Waals surface area contributed by atoms with Crippen LogP contribution in [0.1, 0.15) is 0 Å². The van der Waals surface area contributed by atoms with Gasteiger partial charge in [-0.25, -0.2) is 0 Å². The molecule has 66 valence electrons. The van der Waals surface area contributed by atoms with E-state index in [4.69, 9.17) is 5.41 Å². The molecule has 4 heteroatoms. The summed E-state index contributed by atoms with van der Waals surface area (Å²) in [5.41, 5.74) is 0.778. The SMILES string of the molecule is N=c1ccc(O)c2n(O)cccc1-2. The van der Waals surface area contributed by atoms with Gasteiger partial charge in [-0.3, -0.25) is 0 Å². The highest BCUT2D eigenvalue weighted by Crippen LogP contribution is 2.25. The standard InChI is InChI=1S/C9H8N2O2/c10-7-3-4-8(12)9-6(7)2-1-5-11(9)13/h1-5,10,12-13H. The number of pyridine rings is 1. The van der Waals surface area contributed by atoms with E-state index in [1.54, 1.807) is 12.1 Å². The summed E-state index contributed by atoms with van der Waals surface area (Å²) in [6, 6.07) is 6.15. The van der Waals surface area contributed by atoms with Gasteiger partial charge >= 0.3 is 0 Å². The average molecular weight is 176 g/mol. The molecule has 0 aromatic carbocycles. The third-order valence-electron chi connectivity index (χ3n) is 1.92. The third-order valence-corrected chi connectivity index (χ3v) is 1.92. The first kappa shape index (κ1) is 7.67. The number of rotatable bonds is 0. The fourth-order valence-corrected chi connectivity index (χ4v) is 1.30. The predicted molar refractivity (Wildman–Crippen MR) is 45.8 cm³/mol. The molecule has 0 bridgehead atoms. The van der Waals surface area contributed by atoms with Crippen LogP contribution < -0.4 is 5.36 Å². The van der Waals surface area contributed by atoms with Crippen LogP contribution >= 0.6 is 0 Å². The highest BCUT2D eigenvalue weighted by molar-refractivity contribution is 5.66. The first-order valence-electron chi connectivity index (χ1n) is 3.77. The number of hydrogen-bond acceptors (Lipinski definition) is 3. The van der Waals surface area contributed by atoms with Gasteiger partial charge in [0.2, 0.25) is 0 Å². The van der Waals surface area contributed by atoms with E-state index < -0.39 is 0 Å². The quantitative estimate of drug-likeness (QED) is 0.524. The molecule has 3 N–H and O–H groups in total. The number of phenolic OH excluding ortho intramolecular Hbond substituents is 1. The van der Waals surface area contributed by atoms with Gasteiger partial charge in [0.15, 0.2) is 0 Å². The van der Waals surface area contributed by atoms with Gasteiger partial charge in [-0.05, 0) is 24.3 Å². The smallest absolute Gasteiger partial charge is 0.143 e. The van der Waals surface area contributed by atoms with E-state index in [0.717, 1.165) is 4.73 Å². The van der Waals surface area contributed by atoms with Gasteiger partial charge in [0, 0.05) is 11.8 Å². The molecule has 1 aliphatic carbocycles. The van der Waals surface area contributed by atoms with Gasteiger partial charge < -0.3 is 15.7 Å². The molecule has 0 amide bonds. The second-order valence-corrected chi connectivity index (χ2v) is 2.75. The zero-order chi connectivity index (χ0) is 9.42. The van der Waals surface area contributed by atoms with Crippen LogP contribution in [0.3, 0.4) is 0 Å². The molecular weight excluding hydrogens is 168 g/mol. The maximum atomic E-state index is 9.41. The Morgan fingerprint density at radius 2 is 2.00 bits per heavy atom. The molecule has 1 heterocycles. The molecule has 0 saturated carbocycles. The molecule has 0 atom stereocenters. The maximum absolute atomic E-state index is 9.41. The highest BCUT2D eigenvalue weighted by atomic mass is 16.5. The normalized spacial score (nSPS) is 10.5. The van der Waals surface area contributed by atoms with Gasteiger partial charge in [0.1, 0.15) is 11.4 Å². The lowest BCUT2D eigenvalue weighted by Crippen LogP contribution is -2.09. The van der Waals surface area contributed by atoms with E-state index in [0.29, 0.717) is 5.56 Å². The minimum absolute atomic E-state index is 0.0332. The van der Waals surface area contributed by atoms with Crippen LogP contribution in [-0.2, 0) is 0 Å². The van der Waals surface area contributed by atoms with Gasteiger partial charge in [0.05, 0.1) is 5.36 Å². The number of benzene rings is 1. The van der Waals surface area contributed by atoms with Crippen molar-refractivity contribution in [2.24, 2.45) is 0 Å². The fraction of sp³-hybridized carbons (Fsp3) is 0. The summed E-state index contributed by atoms with van der Waals surface area (Å²) < 4.78 is 0.808. The Morgan fingerprint density at radius 3 is 2.69 bits per heavy atom. The number of phenols is 1. The lowest BCUT2D eigenvalue weighted by Gasteiger charge is -2.10. The van der Waals surface area contributed by atoms with Crippen LogP contribution in [0.4, 0.5) is 0 Å². The summed E-state index contributed by atoms with van der Waals surface area (Å²) in [5, 5.41) is 26.6. The van der Waals surface area contributed by atoms with Crippen molar-refractivity contribution in [2.75, 3.05) is 0 Å². The summed E-state index contributed by atoms with van der Waals surface area (Å²) in [6.07, 6.45) is 1.40. The zero-order valence-corrected chi connectivity index (χ0v) is 6.73. The minimum atomic E-state index is -0.0332. The molecule has 2 rings (SSSR count). The van der Waals surface area contributed by atoms with Gasteiger partial charge in [-0.15, -0.1) is 0 Å². The summed E-state index contributed by atoms with van der Waals surface area (Å²) in [7, 11) is 0. The first-order chi connectivity index (χ1) is 6.20. The van der Waals surface area contributed by atoms with Crippen molar-refractivity contribution in [3.63, 3.8) is 0 Å². The van der Waals surface area contributed by atoms with E-state index in [1.165, 1.54) is 18.3 Å². The van der Waals surface area contributed by atoms with E-state index in [1.807, 2.05) is 0 Å². The van der Waals surface area contributed by atoms with Crippen LogP contribution in [0.2, 0.25) is 0 Å². The number of nitrogens with zero attached hydrogens (tertiary/aromatic N) is 1. The second kappa shape index (κ2) is 2.52. The molecule has 0 radical (unpaired) electrons. The molecule has 13 heavy (non-hydrogen) atoms. The second-order valence-electron chi connectivity index (χ2n) is 2.75. The van der Waals surface area contributed by atoms with E-state index >= 15 is 0 Å². The van der Waals surface area contributed by atoms with Crippen LogP contribution in [0.5, 0.6) is 5.75 Å². The fourth-order valence-electron chi connectivity index (χ4n) is 1.30. The number of nitrogens with one attached hydrogen (secondary N) is 1.